The lowest BCUT2D eigenvalue weighted by Crippen LogP contribution is -1.92. The van der Waals surface area contributed by atoms with Crippen LogP contribution in [-0.2, 0) is 13.5 Å². The number of benzene rings is 1. The summed E-state index contributed by atoms with van der Waals surface area (Å²) in [4.78, 5) is 4.50. The van der Waals surface area contributed by atoms with E-state index in [1.165, 1.54) is 0 Å². The zero-order chi connectivity index (χ0) is 11.7. The molecule has 0 saturated heterocycles. The van der Waals surface area contributed by atoms with Gasteiger partial charge in [-0.05, 0) is 34.5 Å². The maximum absolute atomic E-state index is 6.12. The maximum Gasteiger partial charge on any atom is 0.108 e. The second kappa shape index (κ2) is 4.60. The Bertz CT molecular complexity index is 520. The van der Waals surface area contributed by atoms with Gasteiger partial charge in [-0.2, -0.15) is 0 Å². The number of halogens is 2. The lowest BCUT2D eigenvalue weighted by atomic mass is 10.1. The van der Waals surface area contributed by atoms with Crippen LogP contribution in [0.2, 0.25) is 5.02 Å². The Morgan fingerprint density at radius 3 is 2.62 bits per heavy atom. The van der Waals surface area contributed by atoms with Crippen molar-refractivity contribution in [2.24, 2.45) is 7.05 Å². The Morgan fingerprint density at radius 2 is 2.06 bits per heavy atom. The zero-order valence-corrected chi connectivity index (χ0v) is 11.5. The van der Waals surface area contributed by atoms with Crippen LogP contribution in [-0.4, -0.2) is 9.55 Å². The van der Waals surface area contributed by atoms with Gasteiger partial charge in [-0.25, -0.2) is 4.98 Å². The Hall–Kier alpha value is -0.800. The van der Waals surface area contributed by atoms with E-state index in [0.29, 0.717) is 0 Å². The summed E-state index contributed by atoms with van der Waals surface area (Å²) in [6.45, 7) is 1.99. The fourth-order valence-corrected chi connectivity index (χ4v) is 2.27. The first-order valence-electron chi connectivity index (χ1n) is 5.00. The summed E-state index contributed by atoms with van der Waals surface area (Å²) in [5, 5.41) is 0.790. The summed E-state index contributed by atoms with van der Waals surface area (Å²) >= 11 is 9.66. The van der Waals surface area contributed by atoms with Gasteiger partial charge in [0.25, 0.3) is 0 Å². The molecule has 0 aliphatic carbocycles. The molecule has 1 aromatic heterocycles. The molecule has 0 atom stereocenters. The molecule has 0 spiro atoms. The molecular weight excluding hydrogens is 288 g/mol. The van der Waals surface area contributed by atoms with Crippen molar-refractivity contribution in [3.63, 3.8) is 0 Å². The van der Waals surface area contributed by atoms with Crippen molar-refractivity contribution < 1.29 is 0 Å². The molecule has 4 heteroatoms. The number of nitrogens with zero attached hydrogens (tertiary/aromatic N) is 2. The molecule has 16 heavy (non-hydrogen) atoms. The fraction of sp³-hybridized carbons (Fsp3) is 0.250. The number of aryl methyl sites for hydroxylation is 1. The summed E-state index contributed by atoms with van der Waals surface area (Å²) in [6.07, 6.45) is 0.752. The highest BCUT2D eigenvalue weighted by Gasteiger charge is 2.11. The van der Waals surface area contributed by atoms with Crippen molar-refractivity contribution >= 4 is 27.5 Å². The average molecular weight is 300 g/mol. The first-order valence-corrected chi connectivity index (χ1v) is 6.18. The first kappa shape index (κ1) is 11.7. The number of imidazole rings is 1. The third kappa shape index (κ3) is 2.15. The molecule has 0 amide bonds. The molecule has 0 aliphatic heterocycles. The quantitative estimate of drug-likeness (QED) is 0.826. The SMILES string of the molecule is Cc1nc(Cc2ccccc2Cl)c(Br)n1C. The van der Waals surface area contributed by atoms with Crippen molar-refractivity contribution in [3.05, 3.63) is 51.0 Å². The molecule has 84 valence electrons. The largest absolute Gasteiger partial charge is 0.326 e. The van der Waals surface area contributed by atoms with Gasteiger partial charge in [-0.15, -0.1) is 0 Å². The monoisotopic (exact) mass is 298 g/mol. The van der Waals surface area contributed by atoms with Gasteiger partial charge in [-0.1, -0.05) is 29.8 Å². The molecule has 1 aromatic carbocycles. The number of rotatable bonds is 2. The van der Waals surface area contributed by atoms with Crippen LogP contribution in [0, 0.1) is 6.92 Å². The summed E-state index contributed by atoms with van der Waals surface area (Å²) in [5.41, 5.74) is 2.12. The topological polar surface area (TPSA) is 17.8 Å². The Labute approximate surface area is 108 Å². The van der Waals surface area contributed by atoms with E-state index in [1.54, 1.807) is 0 Å². The third-order valence-corrected chi connectivity index (χ3v) is 3.99. The molecule has 0 saturated carbocycles. The Morgan fingerprint density at radius 1 is 1.38 bits per heavy atom. The van der Waals surface area contributed by atoms with E-state index in [2.05, 4.69) is 20.9 Å². The van der Waals surface area contributed by atoms with Crippen molar-refractivity contribution in [1.82, 2.24) is 9.55 Å². The van der Waals surface area contributed by atoms with Crippen LogP contribution < -0.4 is 0 Å². The summed E-state index contributed by atoms with van der Waals surface area (Å²) < 4.78 is 3.04. The molecule has 0 bridgehead atoms. The molecule has 2 nitrogen and oxygen atoms in total. The lowest BCUT2D eigenvalue weighted by Gasteiger charge is -2.02. The standard InChI is InChI=1S/C12H12BrClN2/c1-8-15-11(12(13)16(8)2)7-9-5-3-4-6-10(9)14/h3-6H,7H2,1-2H3. The summed E-state index contributed by atoms with van der Waals surface area (Å²) in [5.74, 6) is 0.994. The van der Waals surface area contributed by atoms with E-state index in [4.69, 9.17) is 11.6 Å². The average Bonchev–Trinajstić information content (AvgIpc) is 2.50. The van der Waals surface area contributed by atoms with Gasteiger partial charge < -0.3 is 4.57 Å². The molecule has 2 rings (SSSR count). The predicted octanol–water partition coefficient (Wildman–Crippen LogP) is 3.74. The normalized spacial score (nSPS) is 10.8. The van der Waals surface area contributed by atoms with Crippen molar-refractivity contribution in [1.29, 1.82) is 0 Å². The Kier molecular flexibility index (Phi) is 3.36. The number of hydrogen-bond donors (Lipinski definition) is 0. The van der Waals surface area contributed by atoms with Gasteiger partial charge in [0.15, 0.2) is 0 Å². The van der Waals surface area contributed by atoms with Crippen LogP contribution >= 0.6 is 27.5 Å². The Balaban J connectivity index is 2.34. The minimum absolute atomic E-state index is 0.752. The molecule has 2 aromatic rings. The van der Waals surface area contributed by atoms with Crippen LogP contribution in [0.4, 0.5) is 0 Å². The number of hydrogen-bond acceptors (Lipinski definition) is 1. The molecule has 0 N–H and O–H groups in total. The van der Waals surface area contributed by atoms with Crippen LogP contribution in [0.3, 0.4) is 0 Å². The second-order valence-corrected chi connectivity index (χ2v) is 4.88. The number of aromatic nitrogens is 2. The fourth-order valence-electron chi connectivity index (χ4n) is 1.59. The highest BCUT2D eigenvalue weighted by molar-refractivity contribution is 9.10. The van der Waals surface area contributed by atoms with Gasteiger partial charge in [0.1, 0.15) is 10.4 Å². The maximum atomic E-state index is 6.12. The summed E-state index contributed by atoms with van der Waals surface area (Å²) in [7, 11) is 1.99. The minimum atomic E-state index is 0.752. The molecule has 0 radical (unpaired) electrons. The van der Waals surface area contributed by atoms with E-state index >= 15 is 0 Å². The lowest BCUT2D eigenvalue weighted by molar-refractivity contribution is 0.839. The predicted molar refractivity (Wildman–Crippen MR) is 69.9 cm³/mol. The third-order valence-electron chi connectivity index (χ3n) is 2.63. The molecular formula is C12H12BrClN2. The first-order chi connectivity index (χ1) is 7.59. The van der Waals surface area contributed by atoms with E-state index < -0.39 is 0 Å². The van der Waals surface area contributed by atoms with Crippen LogP contribution in [0.1, 0.15) is 17.1 Å². The zero-order valence-electron chi connectivity index (χ0n) is 9.17. The van der Waals surface area contributed by atoms with Crippen LogP contribution in [0.15, 0.2) is 28.9 Å². The van der Waals surface area contributed by atoms with Gasteiger partial charge in [-0.3, -0.25) is 0 Å². The van der Waals surface area contributed by atoms with Gasteiger partial charge in [0, 0.05) is 18.5 Å². The van der Waals surface area contributed by atoms with Crippen molar-refractivity contribution in [3.8, 4) is 0 Å². The smallest absolute Gasteiger partial charge is 0.108 e. The van der Waals surface area contributed by atoms with E-state index in [9.17, 15) is 0 Å². The second-order valence-electron chi connectivity index (χ2n) is 3.72. The summed E-state index contributed by atoms with van der Waals surface area (Å²) in [6, 6.07) is 7.86. The van der Waals surface area contributed by atoms with Gasteiger partial charge in [0.2, 0.25) is 0 Å². The van der Waals surface area contributed by atoms with Crippen LogP contribution in [0.5, 0.6) is 0 Å². The molecule has 0 aliphatic rings. The molecule has 0 unspecified atom stereocenters. The highest BCUT2D eigenvalue weighted by Crippen LogP contribution is 2.23. The molecule has 0 fully saturated rings. The van der Waals surface area contributed by atoms with Gasteiger partial charge in [0.05, 0.1) is 5.69 Å². The van der Waals surface area contributed by atoms with E-state index in [1.807, 2.05) is 42.8 Å². The molecule has 1 heterocycles. The van der Waals surface area contributed by atoms with Crippen LogP contribution in [0.25, 0.3) is 0 Å². The minimum Gasteiger partial charge on any atom is -0.326 e. The van der Waals surface area contributed by atoms with Crippen molar-refractivity contribution in [2.75, 3.05) is 0 Å². The van der Waals surface area contributed by atoms with Crippen molar-refractivity contribution in [2.45, 2.75) is 13.3 Å². The highest BCUT2D eigenvalue weighted by atomic mass is 79.9. The van der Waals surface area contributed by atoms with Gasteiger partial charge >= 0.3 is 0 Å². The van der Waals surface area contributed by atoms with E-state index in [-0.39, 0.29) is 0 Å². The van der Waals surface area contributed by atoms with E-state index in [0.717, 1.165) is 33.1 Å².